The molecular formula is C16H26Cl2N6. The largest absolute Gasteiger partial charge is 0.337 e. The molecule has 2 aromatic heterocycles. The van der Waals surface area contributed by atoms with Crippen LogP contribution in [0.5, 0.6) is 0 Å². The maximum Gasteiger partial charge on any atom is 0.0946 e. The van der Waals surface area contributed by atoms with Crippen molar-refractivity contribution in [1.29, 1.82) is 0 Å². The summed E-state index contributed by atoms with van der Waals surface area (Å²) in [5.74, 6) is 0.724. The number of likely N-dealkylation sites (tertiary alicyclic amines) is 1. The molecule has 4 rings (SSSR count). The van der Waals surface area contributed by atoms with Gasteiger partial charge in [0.2, 0.25) is 0 Å². The standard InChI is InChI=1S/C16H24N6.2ClH/c1-2-14(11-21-6-3-18-13-21)10-20(5-1)12-15-8-16-9-17-4-7-22(16)19-15;;/h3,6,8,13-14,17H,1-2,4-5,7,9-12H2;2*1H. The molecule has 134 valence electrons. The zero-order valence-corrected chi connectivity index (χ0v) is 15.4. The molecule has 2 aromatic rings. The minimum absolute atomic E-state index is 0. The summed E-state index contributed by atoms with van der Waals surface area (Å²) in [4.78, 5) is 6.70. The van der Waals surface area contributed by atoms with Gasteiger partial charge in [0.05, 0.1) is 24.3 Å². The molecule has 8 heteroatoms. The van der Waals surface area contributed by atoms with Crippen molar-refractivity contribution in [3.8, 4) is 0 Å². The van der Waals surface area contributed by atoms with Crippen molar-refractivity contribution in [3.05, 3.63) is 36.2 Å². The molecule has 1 unspecified atom stereocenters. The SMILES string of the molecule is Cl.Cl.c1cn(CC2CCCN(Cc3cc4n(n3)CCNC4)C2)cn1. The lowest BCUT2D eigenvalue weighted by molar-refractivity contribution is 0.154. The summed E-state index contributed by atoms with van der Waals surface area (Å²) in [6.45, 7) is 7.42. The zero-order valence-electron chi connectivity index (χ0n) is 13.8. The van der Waals surface area contributed by atoms with Gasteiger partial charge < -0.3 is 9.88 Å². The third-order valence-electron chi connectivity index (χ3n) is 4.74. The number of hydrogen-bond donors (Lipinski definition) is 1. The van der Waals surface area contributed by atoms with Gasteiger partial charge in [-0.3, -0.25) is 9.58 Å². The lowest BCUT2D eigenvalue weighted by Crippen LogP contribution is -2.36. The molecule has 1 atom stereocenters. The van der Waals surface area contributed by atoms with Gasteiger partial charge in [-0.2, -0.15) is 5.10 Å². The van der Waals surface area contributed by atoms with Crippen molar-refractivity contribution in [1.82, 2.24) is 29.5 Å². The van der Waals surface area contributed by atoms with Gasteiger partial charge in [0.1, 0.15) is 0 Å². The van der Waals surface area contributed by atoms with Gasteiger partial charge >= 0.3 is 0 Å². The lowest BCUT2D eigenvalue weighted by Gasteiger charge is -2.32. The van der Waals surface area contributed by atoms with Gasteiger partial charge in [-0.25, -0.2) is 4.98 Å². The van der Waals surface area contributed by atoms with Gasteiger partial charge in [-0.05, 0) is 31.4 Å². The van der Waals surface area contributed by atoms with Crippen molar-refractivity contribution in [2.45, 2.75) is 39.0 Å². The number of hydrogen-bond acceptors (Lipinski definition) is 4. The van der Waals surface area contributed by atoms with Crippen LogP contribution in [0.15, 0.2) is 24.8 Å². The van der Waals surface area contributed by atoms with Crippen LogP contribution in [0.2, 0.25) is 0 Å². The van der Waals surface area contributed by atoms with Crippen molar-refractivity contribution in [3.63, 3.8) is 0 Å². The first-order valence-electron chi connectivity index (χ1n) is 8.31. The second-order valence-corrected chi connectivity index (χ2v) is 6.53. The maximum absolute atomic E-state index is 4.77. The van der Waals surface area contributed by atoms with E-state index in [1.807, 2.05) is 12.5 Å². The normalized spacial score (nSPS) is 20.8. The first kappa shape index (κ1) is 19.2. The molecule has 1 fully saturated rings. The summed E-state index contributed by atoms with van der Waals surface area (Å²) in [6.07, 6.45) is 8.46. The van der Waals surface area contributed by atoms with Gasteiger partial charge in [-0.1, -0.05) is 0 Å². The number of nitrogens with one attached hydrogen (secondary N) is 1. The van der Waals surface area contributed by atoms with Crippen LogP contribution in [0, 0.1) is 5.92 Å². The molecule has 0 saturated carbocycles. The van der Waals surface area contributed by atoms with Crippen LogP contribution < -0.4 is 5.32 Å². The Kier molecular flexibility index (Phi) is 7.10. The summed E-state index contributed by atoms with van der Waals surface area (Å²) >= 11 is 0. The quantitative estimate of drug-likeness (QED) is 0.890. The minimum atomic E-state index is 0. The summed E-state index contributed by atoms with van der Waals surface area (Å²) < 4.78 is 4.37. The summed E-state index contributed by atoms with van der Waals surface area (Å²) in [5, 5.41) is 8.17. The molecule has 0 spiro atoms. The highest BCUT2D eigenvalue weighted by atomic mass is 35.5. The monoisotopic (exact) mass is 372 g/mol. The van der Waals surface area contributed by atoms with Crippen LogP contribution in [-0.2, 0) is 26.2 Å². The minimum Gasteiger partial charge on any atom is -0.337 e. The van der Waals surface area contributed by atoms with E-state index in [0.717, 1.165) is 38.6 Å². The van der Waals surface area contributed by atoms with Crippen LogP contribution in [0.25, 0.3) is 0 Å². The Labute approximate surface area is 155 Å². The molecule has 2 aliphatic rings. The predicted molar refractivity (Wildman–Crippen MR) is 98.7 cm³/mol. The Balaban J connectivity index is 0.00000104. The Bertz CT molecular complexity index is 589. The fourth-order valence-corrected chi connectivity index (χ4v) is 3.70. The molecule has 24 heavy (non-hydrogen) atoms. The molecule has 6 nitrogen and oxygen atoms in total. The maximum atomic E-state index is 4.77. The average molecular weight is 373 g/mol. The van der Waals surface area contributed by atoms with Crippen LogP contribution in [0.1, 0.15) is 24.2 Å². The molecule has 1 saturated heterocycles. The fourth-order valence-electron chi connectivity index (χ4n) is 3.70. The van der Waals surface area contributed by atoms with Crippen LogP contribution in [-0.4, -0.2) is 43.9 Å². The number of piperidine rings is 1. The van der Waals surface area contributed by atoms with E-state index in [-0.39, 0.29) is 24.8 Å². The highest BCUT2D eigenvalue weighted by Crippen LogP contribution is 2.20. The van der Waals surface area contributed by atoms with Crippen molar-refractivity contribution < 1.29 is 0 Å². The number of imidazole rings is 1. The molecule has 0 aromatic carbocycles. The highest BCUT2D eigenvalue weighted by molar-refractivity contribution is 5.85. The molecule has 0 radical (unpaired) electrons. The van der Waals surface area contributed by atoms with E-state index in [4.69, 9.17) is 5.10 Å². The molecular weight excluding hydrogens is 347 g/mol. The number of fused-ring (bicyclic) bond motifs is 1. The Morgan fingerprint density at radius 3 is 2.96 bits per heavy atom. The van der Waals surface area contributed by atoms with E-state index in [0.29, 0.717) is 0 Å². The van der Waals surface area contributed by atoms with Crippen LogP contribution in [0.4, 0.5) is 0 Å². The van der Waals surface area contributed by atoms with Gasteiger partial charge in [0, 0.05) is 45.1 Å². The Hall–Kier alpha value is -1.08. The third kappa shape index (κ3) is 4.51. The highest BCUT2D eigenvalue weighted by Gasteiger charge is 2.21. The predicted octanol–water partition coefficient (Wildman–Crippen LogP) is 1.94. The molecule has 0 amide bonds. The van der Waals surface area contributed by atoms with E-state index < -0.39 is 0 Å². The summed E-state index contributed by atoms with van der Waals surface area (Å²) in [6, 6.07) is 2.27. The Morgan fingerprint density at radius 2 is 2.17 bits per heavy atom. The Morgan fingerprint density at radius 1 is 1.25 bits per heavy atom. The van der Waals surface area contributed by atoms with Crippen LogP contribution >= 0.6 is 24.8 Å². The van der Waals surface area contributed by atoms with Crippen molar-refractivity contribution in [2.75, 3.05) is 19.6 Å². The average Bonchev–Trinajstić information content (AvgIpc) is 3.16. The van der Waals surface area contributed by atoms with Crippen molar-refractivity contribution >= 4 is 24.8 Å². The van der Waals surface area contributed by atoms with Crippen LogP contribution in [0.3, 0.4) is 0 Å². The van der Waals surface area contributed by atoms with Gasteiger partial charge in [0.15, 0.2) is 0 Å². The molecule has 2 aliphatic heterocycles. The number of aromatic nitrogens is 4. The topological polar surface area (TPSA) is 50.9 Å². The second-order valence-electron chi connectivity index (χ2n) is 6.53. The van der Waals surface area contributed by atoms with E-state index in [1.165, 1.54) is 37.3 Å². The molecule has 4 heterocycles. The smallest absolute Gasteiger partial charge is 0.0946 e. The third-order valence-corrected chi connectivity index (χ3v) is 4.74. The number of halogens is 2. The van der Waals surface area contributed by atoms with E-state index >= 15 is 0 Å². The number of rotatable bonds is 4. The molecule has 0 aliphatic carbocycles. The van der Waals surface area contributed by atoms with Crippen molar-refractivity contribution in [2.24, 2.45) is 5.92 Å². The molecule has 0 bridgehead atoms. The van der Waals surface area contributed by atoms with E-state index in [9.17, 15) is 0 Å². The number of nitrogens with zero attached hydrogens (tertiary/aromatic N) is 5. The van der Waals surface area contributed by atoms with Gasteiger partial charge in [0.25, 0.3) is 0 Å². The van der Waals surface area contributed by atoms with E-state index in [1.54, 1.807) is 0 Å². The van der Waals surface area contributed by atoms with Gasteiger partial charge in [-0.15, -0.1) is 24.8 Å². The first-order chi connectivity index (χ1) is 10.9. The summed E-state index contributed by atoms with van der Waals surface area (Å²) in [5.41, 5.74) is 2.55. The fraction of sp³-hybridized carbons (Fsp3) is 0.625. The summed E-state index contributed by atoms with van der Waals surface area (Å²) in [7, 11) is 0. The lowest BCUT2D eigenvalue weighted by atomic mass is 9.98. The first-order valence-corrected chi connectivity index (χ1v) is 8.31. The van der Waals surface area contributed by atoms with E-state index in [2.05, 4.69) is 36.7 Å². The molecule has 1 N–H and O–H groups in total. The second kappa shape index (κ2) is 8.85. The zero-order chi connectivity index (χ0) is 14.8.